The molecule has 0 radical (unpaired) electrons. The van der Waals surface area contributed by atoms with Crippen LogP contribution in [0.1, 0.15) is 17.3 Å². The van der Waals surface area contributed by atoms with E-state index in [1.165, 1.54) is 17.8 Å². The lowest BCUT2D eigenvalue weighted by atomic mass is 9.84. The highest BCUT2D eigenvalue weighted by atomic mass is 32.2. The molecular formula is C19H22N2O8S. The third-order valence-electron chi connectivity index (χ3n) is 5.11. The van der Waals surface area contributed by atoms with Gasteiger partial charge in [-0.3, -0.25) is 14.4 Å². The van der Waals surface area contributed by atoms with E-state index >= 15 is 0 Å². The summed E-state index contributed by atoms with van der Waals surface area (Å²) in [6, 6.07) is 6.72. The maximum absolute atomic E-state index is 12.8. The Hall–Kier alpha value is -2.44. The van der Waals surface area contributed by atoms with Gasteiger partial charge in [-0.05, 0) is 25.1 Å². The number of carbonyl (C=O) groups excluding carboxylic acids is 3. The van der Waals surface area contributed by atoms with E-state index in [1.807, 2.05) is 0 Å². The van der Waals surface area contributed by atoms with Crippen molar-refractivity contribution in [2.24, 2.45) is 5.92 Å². The van der Waals surface area contributed by atoms with Crippen LogP contribution in [0.5, 0.6) is 0 Å². The Bertz CT molecular complexity index is 891. The molecule has 2 bridgehead atoms. The summed E-state index contributed by atoms with van der Waals surface area (Å²) >= 11 is 1.24. The fourth-order valence-corrected chi connectivity index (χ4v) is 4.31. The van der Waals surface area contributed by atoms with Crippen LogP contribution < -0.4 is 10.6 Å². The number of carbonyl (C=O) groups is 3. The molecule has 0 unspecified atom stereocenters. The first kappa shape index (κ1) is 22.2. The van der Waals surface area contributed by atoms with Gasteiger partial charge in [-0.1, -0.05) is 12.1 Å². The lowest BCUT2D eigenvalue weighted by Gasteiger charge is -2.49. The summed E-state index contributed by atoms with van der Waals surface area (Å²) in [6.45, 7) is 0.140. The lowest BCUT2D eigenvalue weighted by Crippen LogP contribution is -2.83. The van der Waals surface area contributed by atoms with Crippen LogP contribution in [0.4, 0.5) is 0 Å². The van der Waals surface area contributed by atoms with E-state index < -0.39 is 47.5 Å². The van der Waals surface area contributed by atoms with Crippen molar-refractivity contribution in [3.8, 4) is 0 Å². The Morgan fingerprint density at radius 2 is 2.07 bits per heavy atom. The van der Waals surface area contributed by atoms with Gasteiger partial charge in [0.05, 0.1) is 12.9 Å². The topological polar surface area (TPSA) is 165 Å². The number of thioether (sulfide) groups is 1. The number of ether oxygens (including phenoxy) is 1. The number of aliphatic hydroxyl groups is 4. The molecule has 162 valence electrons. The standard InChI is InChI=1S/C19H22N2O8S/c1-17(27,10-23)14(24)19-16(26)20-18(28,15(25)21-19)12(5-6-29-19)9-30-13-4-2-3-11(7-13)8-22/h2-8,12,14,23-24,27-28H,9-10H2,1H3,(H,20,26)(H,21,25)/b6-5+/t12-,14-,17-,18+,19-/m0/s1. The van der Waals surface area contributed by atoms with E-state index in [2.05, 4.69) is 10.6 Å². The summed E-state index contributed by atoms with van der Waals surface area (Å²) in [5, 5.41) is 45.2. The fourth-order valence-electron chi connectivity index (χ4n) is 3.19. The second-order valence-electron chi connectivity index (χ2n) is 7.38. The zero-order valence-electron chi connectivity index (χ0n) is 15.9. The molecule has 1 fully saturated rings. The number of piperazine rings is 1. The van der Waals surface area contributed by atoms with Crippen molar-refractivity contribution in [2.45, 2.75) is 35.0 Å². The quantitative estimate of drug-likeness (QED) is 0.219. The molecule has 0 spiro atoms. The molecule has 0 saturated carbocycles. The van der Waals surface area contributed by atoms with Crippen molar-refractivity contribution < 1.29 is 39.5 Å². The van der Waals surface area contributed by atoms with Gasteiger partial charge in [-0.15, -0.1) is 11.8 Å². The molecule has 0 aliphatic carbocycles. The minimum absolute atomic E-state index is 0.135. The predicted octanol–water partition coefficient (Wildman–Crippen LogP) is -1.51. The van der Waals surface area contributed by atoms with E-state index in [0.29, 0.717) is 16.7 Å². The van der Waals surface area contributed by atoms with Gasteiger partial charge < -0.3 is 35.8 Å². The molecule has 3 aliphatic heterocycles. The second kappa shape index (κ2) is 8.00. The summed E-state index contributed by atoms with van der Waals surface area (Å²) in [5.74, 6) is -2.93. The monoisotopic (exact) mass is 438 g/mol. The van der Waals surface area contributed by atoms with Crippen LogP contribution in [0.3, 0.4) is 0 Å². The summed E-state index contributed by atoms with van der Waals surface area (Å²) in [7, 11) is 0. The molecule has 1 aromatic carbocycles. The Labute approximate surface area is 175 Å². The van der Waals surface area contributed by atoms with Crippen molar-refractivity contribution >= 4 is 29.9 Å². The van der Waals surface area contributed by atoms with Gasteiger partial charge in [0.2, 0.25) is 5.72 Å². The first-order valence-electron chi connectivity index (χ1n) is 9.00. The molecule has 11 heteroatoms. The number of rotatable bonds is 7. The summed E-state index contributed by atoms with van der Waals surface area (Å²) in [4.78, 5) is 37.1. The third kappa shape index (κ3) is 3.70. The number of hydrogen-bond donors (Lipinski definition) is 6. The van der Waals surface area contributed by atoms with Crippen LogP contribution in [0.15, 0.2) is 41.5 Å². The van der Waals surface area contributed by atoms with E-state index in [9.17, 15) is 34.8 Å². The van der Waals surface area contributed by atoms with E-state index in [-0.39, 0.29) is 5.75 Å². The lowest BCUT2D eigenvalue weighted by molar-refractivity contribution is -0.220. The van der Waals surface area contributed by atoms with Gasteiger partial charge in [0.25, 0.3) is 17.5 Å². The Balaban J connectivity index is 1.88. The van der Waals surface area contributed by atoms with E-state index in [0.717, 1.165) is 13.2 Å². The number of aliphatic hydroxyl groups excluding tert-OH is 2. The molecule has 0 aromatic heterocycles. The van der Waals surface area contributed by atoms with Crippen LogP contribution in [-0.4, -0.2) is 74.0 Å². The van der Waals surface area contributed by atoms with Crippen LogP contribution in [0.2, 0.25) is 0 Å². The zero-order valence-corrected chi connectivity index (χ0v) is 16.8. The Morgan fingerprint density at radius 1 is 1.33 bits per heavy atom. The molecule has 5 atom stereocenters. The number of amides is 2. The van der Waals surface area contributed by atoms with Crippen molar-refractivity contribution in [3.05, 3.63) is 42.2 Å². The SMILES string of the molecule is C[C@](O)(CO)[C@H](O)[C@@]12NC(=O)[C@@](O)(NC1=O)[C@H](CSc1cccc(C=O)c1)/C=C/O2. The van der Waals surface area contributed by atoms with Crippen LogP contribution in [-0.2, 0) is 14.3 Å². The van der Waals surface area contributed by atoms with E-state index in [1.54, 1.807) is 24.3 Å². The van der Waals surface area contributed by atoms with Gasteiger partial charge in [-0.25, -0.2) is 0 Å². The Morgan fingerprint density at radius 3 is 2.73 bits per heavy atom. The first-order chi connectivity index (χ1) is 14.1. The molecule has 3 aliphatic rings. The first-order valence-corrected chi connectivity index (χ1v) is 9.99. The highest BCUT2D eigenvalue weighted by molar-refractivity contribution is 7.99. The second-order valence-corrected chi connectivity index (χ2v) is 8.48. The third-order valence-corrected chi connectivity index (χ3v) is 6.22. The van der Waals surface area contributed by atoms with Gasteiger partial charge in [-0.2, -0.15) is 0 Å². The molecule has 10 nitrogen and oxygen atoms in total. The number of benzene rings is 1. The molecular weight excluding hydrogens is 416 g/mol. The summed E-state index contributed by atoms with van der Waals surface area (Å²) in [5.41, 5.74) is -6.51. The summed E-state index contributed by atoms with van der Waals surface area (Å²) < 4.78 is 5.34. The fraction of sp³-hybridized carbons (Fsp3) is 0.421. The average Bonchev–Trinajstić information content (AvgIpc) is 2.72. The zero-order chi connectivity index (χ0) is 22.2. The van der Waals surface area contributed by atoms with Crippen LogP contribution >= 0.6 is 11.8 Å². The van der Waals surface area contributed by atoms with Crippen molar-refractivity contribution in [1.29, 1.82) is 0 Å². The van der Waals surface area contributed by atoms with Gasteiger partial charge >= 0.3 is 0 Å². The van der Waals surface area contributed by atoms with Crippen LogP contribution in [0, 0.1) is 5.92 Å². The van der Waals surface area contributed by atoms with Gasteiger partial charge in [0.1, 0.15) is 11.9 Å². The molecule has 3 heterocycles. The smallest absolute Gasteiger partial charge is 0.291 e. The van der Waals surface area contributed by atoms with Gasteiger partial charge in [0, 0.05) is 22.1 Å². The van der Waals surface area contributed by atoms with E-state index in [4.69, 9.17) is 4.74 Å². The van der Waals surface area contributed by atoms with Crippen LogP contribution in [0.25, 0.3) is 0 Å². The average molecular weight is 438 g/mol. The maximum Gasteiger partial charge on any atom is 0.291 e. The normalized spacial score (nSPS) is 32.0. The van der Waals surface area contributed by atoms with Crippen molar-refractivity contribution in [3.63, 3.8) is 0 Å². The molecule has 30 heavy (non-hydrogen) atoms. The number of fused-ring (bicyclic) bond motifs is 4. The number of nitrogens with one attached hydrogen (secondary N) is 2. The van der Waals surface area contributed by atoms with Crippen molar-refractivity contribution in [1.82, 2.24) is 10.6 Å². The number of aldehydes is 1. The highest BCUT2D eigenvalue weighted by Gasteiger charge is 2.64. The minimum Gasteiger partial charge on any atom is -0.464 e. The molecule has 4 rings (SSSR count). The largest absolute Gasteiger partial charge is 0.464 e. The molecule has 1 aromatic rings. The molecule has 2 amide bonds. The highest BCUT2D eigenvalue weighted by Crippen LogP contribution is 2.35. The minimum atomic E-state index is -2.44. The Kier molecular flexibility index (Phi) is 5.94. The molecule has 1 saturated heterocycles. The molecule has 6 N–H and O–H groups in total. The summed E-state index contributed by atoms with van der Waals surface area (Å²) in [6.07, 6.45) is 1.05. The predicted molar refractivity (Wildman–Crippen MR) is 104 cm³/mol. The van der Waals surface area contributed by atoms with Crippen molar-refractivity contribution in [2.75, 3.05) is 12.4 Å². The maximum atomic E-state index is 12.8. The number of hydrogen-bond acceptors (Lipinski definition) is 9. The van der Waals surface area contributed by atoms with Gasteiger partial charge in [0.15, 0.2) is 6.10 Å².